The van der Waals surface area contributed by atoms with Gasteiger partial charge in [0.05, 0.1) is 6.61 Å². The number of nitrogens with one attached hydrogen (secondary N) is 1. The third-order valence-corrected chi connectivity index (χ3v) is 3.30. The number of allylic oxidation sites excluding steroid dienone is 1. The van der Waals surface area contributed by atoms with E-state index in [1.54, 1.807) is 5.57 Å². The Balaban J connectivity index is 1.70. The van der Waals surface area contributed by atoms with Gasteiger partial charge in [0.25, 0.3) is 0 Å². The minimum absolute atomic E-state index is 0.727. The predicted molar refractivity (Wildman–Crippen MR) is 75.9 cm³/mol. The zero-order valence-electron chi connectivity index (χ0n) is 11.2. The van der Waals surface area contributed by atoms with Crippen molar-refractivity contribution in [1.29, 1.82) is 0 Å². The summed E-state index contributed by atoms with van der Waals surface area (Å²) in [4.78, 5) is 0. The van der Waals surface area contributed by atoms with E-state index in [1.807, 2.05) is 13.0 Å². The average Bonchev–Trinajstić information content (AvgIpc) is 2.89. The molecule has 0 aromatic heterocycles. The summed E-state index contributed by atoms with van der Waals surface area (Å²) in [6, 6.07) is 8.33. The van der Waals surface area contributed by atoms with Gasteiger partial charge in [0.1, 0.15) is 5.75 Å². The Morgan fingerprint density at radius 3 is 3.06 bits per heavy atom. The molecule has 2 heteroatoms. The molecule has 0 heterocycles. The van der Waals surface area contributed by atoms with E-state index >= 15 is 0 Å². The Hall–Kier alpha value is -1.28. The molecule has 2 rings (SSSR count). The fourth-order valence-corrected chi connectivity index (χ4v) is 2.36. The zero-order valence-corrected chi connectivity index (χ0v) is 11.2. The van der Waals surface area contributed by atoms with E-state index in [0.29, 0.717) is 0 Å². The molecule has 0 radical (unpaired) electrons. The summed E-state index contributed by atoms with van der Waals surface area (Å²) in [6.45, 7) is 4.74. The number of ether oxygens (including phenoxy) is 1. The highest BCUT2D eigenvalue weighted by molar-refractivity contribution is 5.28. The van der Waals surface area contributed by atoms with Crippen LogP contribution in [0.5, 0.6) is 5.75 Å². The number of hydrogen-bond acceptors (Lipinski definition) is 2. The van der Waals surface area contributed by atoms with E-state index in [2.05, 4.69) is 29.6 Å². The van der Waals surface area contributed by atoms with Crippen LogP contribution in [0.2, 0.25) is 0 Å². The summed E-state index contributed by atoms with van der Waals surface area (Å²) < 4.78 is 5.50. The maximum atomic E-state index is 5.50. The second-order valence-corrected chi connectivity index (χ2v) is 4.76. The van der Waals surface area contributed by atoms with Crippen molar-refractivity contribution in [2.24, 2.45) is 0 Å². The highest BCUT2D eigenvalue weighted by Gasteiger charge is 2.03. The Kier molecular flexibility index (Phi) is 5.28. The number of benzene rings is 1. The van der Waals surface area contributed by atoms with E-state index in [4.69, 9.17) is 4.74 Å². The lowest BCUT2D eigenvalue weighted by Crippen LogP contribution is -2.15. The summed E-state index contributed by atoms with van der Waals surface area (Å²) in [5, 5.41) is 3.50. The van der Waals surface area contributed by atoms with Crippen molar-refractivity contribution in [3.63, 3.8) is 0 Å². The molecule has 1 aromatic rings. The fourth-order valence-electron chi connectivity index (χ4n) is 2.36. The van der Waals surface area contributed by atoms with Crippen molar-refractivity contribution < 1.29 is 4.74 Å². The van der Waals surface area contributed by atoms with Crippen molar-refractivity contribution in [1.82, 2.24) is 5.32 Å². The molecule has 98 valence electrons. The van der Waals surface area contributed by atoms with E-state index in [0.717, 1.165) is 25.4 Å². The van der Waals surface area contributed by atoms with Crippen LogP contribution < -0.4 is 10.1 Å². The highest BCUT2D eigenvalue weighted by atomic mass is 16.5. The van der Waals surface area contributed by atoms with Gasteiger partial charge in [-0.2, -0.15) is 0 Å². The molecule has 0 saturated heterocycles. The Bertz CT molecular complexity index is 398. The van der Waals surface area contributed by atoms with Gasteiger partial charge in [0.15, 0.2) is 0 Å². The van der Waals surface area contributed by atoms with Gasteiger partial charge in [-0.15, -0.1) is 0 Å². The average molecular weight is 245 g/mol. The molecule has 0 unspecified atom stereocenters. The Morgan fingerprint density at radius 2 is 2.28 bits per heavy atom. The fraction of sp³-hybridized carbons (Fsp3) is 0.500. The summed E-state index contributed by atoms with van der Waals surface area (Å²) in [6.07, 6.45) is 7.54. The molecular weight excluding hydrogens is 222 g/mol. The molecule has 0 aliphatic heterocycles. The topological polar surface area (TPSA) is 21.3 Å². The van der Waals surface area contributed by atoms with Gasteiger partial charge < -0.3 is 10.1 Å². The van der Waals surface area contributed by atoms with Crippen LogP contribution in [0.3, 0.4) is 0 Å². The first-order valence-corrected chi connectivity index (χ1v) is 6.99. The van der Waals surface area contributed by atoms with Crippen LogP contribution in [0.1, 0.15) is 38.2 Å². The molecule has 2 nitrogen and oxygen atoms in total. The largest absolute Gasteiger partial charge is 0.494 e. The van der Waals surface area contributed by atoms with Crippen LogP contribution in [0, 0.1) is 0 Å². The van der Waals surface area contributed by atoms with E-state index < -0.39 is 0 Å². The first-order valence-electron chi connectivity index (χ1n) is 6.99. The Labute approximate surface area is 110 Å². The second-order valence-electron chi connectivity index (χ2n) is 4.76. The Morgan fingerprint density at radius 1 is 1.33 bits per heavy atom. The number of hydrogen-bond donors (Lipinski definition) is 1. The number of rotatable bonds is 7. The molecule has 1 N–H and O–H groups in total. The van der Waals surface area contributed by atoms with Crippen molar-refractivity contribution >= 4 is 0 Å². The molecule has 1 aromatic carbocycles. The summed E-state index contributed by atoms with van der Waals surface area (Å²) in [5.41, 5.74) is 2.92. The van der Waals surface area contributed by atoms with Crippen LogP contribution in [0.25, 0.3) is 0 Å². The smallest absolute Gasteiger partial charge is 0.119 e. The summed E-state index contributed by atoms with van der Waals surface area (Å²) in [5.74, 6) is 0.968. The van der Waals surface area contributed by atoms with Crippen LogP contribution in [-0.2, 0) is 6.54 Å². The van der Waals surface area contributed by atoms with Gasteiger partial charge in [0.2, 0.25) is 0 Å². The lowest BCUT2D eigenvalue weighted by Gasteiger charge is -2.08. The molecule has 0 saturated carbocycles. The van der Waals surface area contributed by atoms with E-state index in [1.165, 1.54) is 31.2 Å². The van der Waals surface area contributed by atoms with Gasteiger partial charge in [-0.05, 0) is 56.8 Å². The van der Waals surface area contributed by atoms with Crippen molar-refractivity contribution in [3.8, 4) is 5.75 Å². The minimum atomic E-state index is 0.727. The van der Waals surface area contributed by atoms with E-state index in [9.17, 15) is 0 Å². The molecule has 1 aliphatic carbocycles. The van der Waals surface area contributed by atoms with Gasteiger partial charge >= 0.3 is 0 Å². The van der Waals surface area contributed by atoms with Crippen LogP contribution >= 0.6 is 0 Å². The normalized spacial score (nSPS) is 14.6. The SMILES string of the molecule is CCOc1cccc(CNCCC2=CCCC2)c1. The van der Waals surface area contributed by atoms with Crippen LogP contribution in [-0.4, -0.2) is 13.2 Å². The first kappa shape index (κ1) is 13.2. The molecule has 18 heavy (non-hydrogen) atoms. The third kappa shape index (κ3) is 4.19. The van der Waals surface area contributed by atoms with Gasteiger partial charge in [-0.25, -0.2) is 0 Å². The van der Waals surface area contributed by atoms with Crippen LogP contribution in [0.4, 0.5) is 0 Å². The molecule has 1 aliphatic rings. The maximum absolute atomic E-state index is 5.50. The molecule has 0 atom stereocenters. The van der Waals surface area contributed by atoms with Gasteiger partial charge in [0, 0.05) is 6.54 Å². The second kappa shape index (κ2) is 7.22. The van der Waals surface area contributed by atoms with Gasteiger partial charge in [-0.1, -0.05) is 23.8 Å². The molecular formula is C16H23NO. The third-order valence-electron chi connectivity index (χ3n) is 3.30. The van der Waals surface area contributed by atoms with Crippen LogP contribution in [0.15, 0.2) is 35.9 Å². The quantitative estimate of drug-likeness (QED) is 0.584. The first-order chi connectivity index (χ1) is 8.88. The molecule has 0 bridgehead atoms. The van der Waals surface area contributed by atoms with Crippen molar-refractivity contribution in [2.45, 2.75) is 39.2 Å². The summed E-state index contributed by atoms with van der Waals surface area (Å²) >= 11 is 0. The predicted octanol–water partition coefficient (Wildman–Crippen LogP) is 3.68. The monoisotopic (exact) mass is 245 g/mol. The highest BCUT2D eigenvalue weighted by Crippen LogP contribution is 2.19. The van der Waals surface area contributed by atoms with E-state index in [-0.39, 0.29) is 0 Å². The standard InChI is InChI=1S/C16H23NO/c1-2-18-16-9-5-8-15(12-16)13-17-11-10-14-6-3-4-7-14/h5-6,8-9,12,17H,2-4,7,10-11,13H2,1H3. The van der Waals surface area contributed by atoms with Gasteiger partial charge in [-0.3, -0.25) is 0 Å². The lowest BCUT2D eigenvalue weighted by atomic mass is 10.1. The molecule has 0 amide bonds. The minimum Gasteiger partial charge on any atom is -0.494 e. The van der Waals surface area contributed by atoms with Crippen molar-refractivity contribution in [3.05, 3.63) is 41.5 Å². The zero-order chi connectivity index (χ0) is 12.6. The molecule has 0 spiro atoms. The maximum Gasteiger partial charge on any atom is 0.119 e. The van der Waals surface area contributed by atoms with Crippen molar-refractivity contribution in [2.75, 3.05) is 13.2 Å². The molecule has 0 fully saturated rings. The summed E-state index contributed by atoms with van der Waals surface area (Å²) in [7, 11) is 0. The lowest BCUT2D eigenvalue weighted by molar-refractivity contribution is 0.340.